The van der Waals surface area contributed by atoms with E-state index in [1.165, 1.54) is 4.90 Å². The fraction of sp³-hybridized carbons (Fsp3) is 0.429. The molecule has 0 atom stereocenters. The number of guanidine groups is 1. The quantitative estimate of drug-likeness (QED) is 0.335. The second kappa shape index (κ2) is 10.8. The number of nitrogens with zero attached hydrogens (tertiary/aromatic N) is 3. The first kappa shape index (κ1) is 20.3. The van der Waals surface area contributed by atoms with Crippen LogP contribution in [-0.2, 0) is 11.2 Å². The molecule has 1 N–H and O–H groups in total. The third-order valence-electron chi connectivity index (χ3n) is 4.62. The number of nitrogens with one attached hydrogen (secondary N) is 1. The van der Waals surface area contributed by atoms with Gasteiger partial charge in [-0.3, -0.25) is 9.79 Å². The number of aliphatic imine (C=N–C) groups is 1. The molecule has 1 saturated heterocycles. The van der Waals surface area contributed by atoms with E-state index in [9.17, 15) is 4.79 Å². The number of benzene rings is 1. The molecule has 1 aromatic heterocycles. The molecule has 0 aliphatic carbocycles. The lowest BCUT2D eigenvalue weighted by Gasteiger charge is -2.36. The zero-order chi connectivity index (χ0) is 19.6. The van der Waals surface area contributed by atoms with Crippen molar-refractivity contribution in [1.29, 1.82) is 0 Å². The highest BCUT2D eigenvalue weighted by molar-refractivity contribution is 7.99. The monoisotopic (exact) mass is 400 g/mol. The van der Waals surface area contributed by atoms with Crippen LogP contribution in [0.4, 0.5) is 0 Å². The Morgan fingerprint density at radius 2 is 1.86 bits per heavy atom. The molecule has 1 fully saturated rings. The maximum atomic E-state index is 11.6. The zero-order valence-corrected chi connectivity index (χ0v) is 17.2. The maximum Gasteiger partial charge on any atom is 0.219 e. The van der Waals surface area contributed by atoms with E-state index in [0.717, 1.165) is 56.6 Å². The van der Waals surface area contributed by atoms with Crippen molar-refractivity contribution in [2.75, 3.05) is 45.0 Å². The first-order valence-electron chi connectivity index (χ1n) is 9.71. The average Bonchev–Trinajstić information content (AvgIpc) is 3.24. The summed E-state index contributed by atoms with van der Waals surface area (Å²) in [5.74, 6) is 2.98. The molecule has 7 heteroatoms. The highest BCUT2D eigenvalue weighted by Gasteiger charge is 2.21. The minimum Gasteiger partial charge on any atom is -0.469 e. The standard InChI is InChI=1S/C21H28N4O2S/c1-18(26)24-12-14-25(15-13-24)21(22-10-9-19-6-5-16-27-19)23-11-17-28-20-7-3-2-4-8-20/h2-8,16H,9-15,17H2,1H3,(H,22,23). The molecule has 1 amide bonds. The smallest absolute Gasteiger partial charge is 0.219 e. The van der Waals surface area contributed by atoms with Crippen molar-refractivity contribution >= 4 is 23.6 Å². The summed E-state index contributed by atoms with van der Waals surface area (Å²) in [6, 6.07) is 14.3. The molecule has 2 aromatic rings. The van der Waals surface area contributed by atoms with E-state index in [-0.39, 0.29) is 5.91 Å². The first-order valence-corrected chi connectivity index (χ1v) is 10.7. The molecular weight excluding hydrogens is 372 g/mol. The predicted octanol–water partition coefficient (Wildman–Crippen LogP) is 2.72. The van der Waals surface area contributed by atoms with E-state index in [0.29, 0.717) is 6.54 Å². The van der Waals surface area contributed by atoms with E-state index in [1.54, 1.807) is 13.2 Å². The van der Waals surface area contributed by atoms with Crippen molar-refractivity contribution in [2.24, 2.45) is 4.99 Å². The largest absolute Gasteiger partial charge is 0.469 e. The number of carbonyl (C=O) groups is 1. The molecule has 6 nitrogen and oxygen atoms in total. The molecule has 0 spiro atoms. The van der Waals surface area contributed by atoms with Gasteiger partial charge in [-0.2, -0.15) is 0 Å². The van der Waals surface area contributed by atoms with Gasteiger partial charge in [-0.05, 0) is 24.3 Å². The zero-order valence-electron chi connectivity index (χ0n) is 16.3. The summed E-state index contributed by atoms with van der Waals surface area (Å²) >= 11 is 1.83. The molecule has 1 aliphatic rings. The Morgan fingerprint density at radius 1 is 1.11 bits per heavy atom. The fourth-order valence-electron chi connectivity index (χ4n) is 3.08. The lowest BCUT2D eigenvalue weighted by atomic mass is 10.3. The van der Waals surface area contributed by atoms with Crippen LogP contribution in [0.5, 0.6) is 0 Å². The average molecular weight is 401 g/mol. The highest BCUT2D eigenvalue weighted by Crippen LogP contribution is 2.15. The van der Waals surface area contributed by atoms with Gasteiger partial charge in [0.1, 0.15) is 5.76 Å². The van der Waals surface area contributed by atoms with Gasteiger partial charge in [-0.1, -0.05) is 18.2 Å². The summed E-state index contributed by atoms with van der Waals surface area (Å²) in [6.07, 6.45) is 2.48. The number of rotatable bonds is 7. The van der Waals surface area contributed by atoms with Crippen LogP contribution in [0.2, 0.25) is 0 Å². The van der Waals surface area contributed by atoms with Gasteiger partial charge < -0.3 is 19.5 Å². The van der Waals surface area contributed by atoms with Crippen LogP contribution in [-0.4, -0.2) is 66.7 Å². The van der Waals surface area contributed by atoms with Crippen molar-refractivity contribution in [3.63, 3.8) is 0 Å². The lowest BCUT2D eigenvalue weighted by Crippen LogP contribution is -2.53. The van der Waals surface area contributed by atoms with Crippen LogP contribution < -0.4 is 5.32 Å². The fourth-order valence-corrected chi connectivity index (χ4v) is 3.87. The maximum absolute atomic E-state index is 11.6. The van der Waals surface area contributed by atoms with E-state index in [4.69, 9.17) is 9.41 Å². The minimum atomic E-state index is 0.142. The predicted molar refractivity (Wildman–Crippen MR) is 114 cm³/mol. The van der Waals surface area contributed by atoms with E-state index >= 15 is 0 Å². The van der Waals surface area contributed by atoms with E-state index in [1.807, 2.05) is 34.9 Å². The Morgan fingerprint density at radius 3 is 2.54 bits per heavy atom. The molecule has 28 heavy (non-hydrogen) atoms. The van der Waals surface area contributed by atoms with Gasteiger partial charge in [0.15, 0.2) is 5.96 Å². The topological polar surface area (TPSA) is 61.1 Å². The number of hydrogen-bond donors (Lipinski definition) is 1. The summed E-state index contributed by atoms with van der Waals surface area (Å²) in [7, 11) is 0. The van der Waals surface area contributed by atoms with Gasteiger partial charge in [0, 0.05) is 63.3 Å². The van der Waals surface area contributed by atoms with E-state index in [2.05, 4.69) is 34.5 Å². The summed E-state index contributed by atoms with van der Waals surface area (Å²) in [5, 5.41) is 3.50. The Balaban J connectivity index is 1.52. The number of carbonyl (C=O) groups excluding carboxylic acids is 1. The molecule has 0 radical (unpaired) electrons. The molecule has 0 saturated carbocycles. The Hall–Kier alpha value is -2.41. The van der Waals surface area contributed by atoms with Crippen molar-refractivity contribution < 1.29 is 9.21 Å². The van der Waals surface area contributed by atoms with Gasteiger partial charge in [-0.15, -0.1) is 11.8 Å². The Bertz CT molecular complexity index is 741. The van der Waals surface area contributed by atoms with Crippen molar-refractivity contribution in [3.05, 3.63) is 54.5 Å². The molecule has 3 rings (SSSR count). The Labute approximate surface area is 171 Å². The van der Waals surface area contributed by atoms with Crippen molar-refractivity contribution in [1.82, 2.24) is 15.1 Å². The third kappa shape index (κ3) is 6.34. The molecule has 2 heterocycles. The number of furan rings is 1. The number of piperazine rings is 1. The SMILES string of the molecule is CC(=O)N1CCN(C(=NCCc2ccco2)NCCSc2ccccc2)CC1. The number of amides is 1. The minimum absolute atomic E-state index is 0.142. The van der Waals surface area contributed by atoms with Crippen LogP contribution in [0.25, 0.3) is 0 Å². The molecule has 0 unspecified atom stereocenters. The van der Waals surface area contributed by atoms with Gasteiger partial charge >= 0.3 is 0 Å². The number of hydrogen-bond acceptors (Lipinski definition) is 4. The van der Waals surface area contributed by atoms with Gasteiger partial charge in [-0.25, -0.2) is 0 Å². The molecule has 1 aromatic carbocycles. The van der Waals surface area contributed by atoms with Crippen LogP contribution in [0.15, 0.2) is 63.0 Å². The van der Waals surface area contributed by atoms with Crippen molar-refractivity contribution in [3.8, 4) is 0 Å². The van der Waals surface area contributed by atoms with E-state index < -0.39 is 0 Å². The summed E-state index contributed by atoms with van der Waals surface area (Å²) < 4.78 is 5.40. The lowest BCUT2D eigenvalue weighted by molar-refractivity contribution is -0.130. The second-order valence-corrected chi connectivity index (χ2v) is 7.78. The molecule has 150 valence electrons. The molecular formula is C21H28N4O2S. The third-order valence-corrected chi connectivity index (χ3v) is 5.64. The number of thioether (sulfide) groups is 1. The van der Waals surface area contributed by atoms with Gasteiger partial charge in [0.05, 0.1) is 6.26 Å². The first-order chi connectivity index (χ1) is 13.7. The summed E-state index contributed by atoms with van der Waals surface area (Å²) in [4.78, 5) is 21.8. The molecule has 0 bridgehead atoms. The highest BCUT2D eigenvalue weighted by atomic mass is 32.2. The Kier molecular flexibility index (Phi) is 7.84. The van der Waals surface area contributed by atoms with Crippen LogP contribution >= 0.6 is 11.8 Å². The molecule has 1 aliphatic heterocycles. The van der Waals surface area contributed by atoms with Crippen LogP contribution in [0, 0.1) is 0 Å². The van der Waals surface area contributed by atoms with Gasteiger partial charge in [0.2, 0.25) is 5.91 Å². The van der Waals surface area contributed by atoms with Crippen molar-refractivity contribution in [2.45, 2.75) is 18.2 Å². The summed E-state index contributed by atoms with van der Waals surface area (Å²) in [5.41, 5.74) is 0. The van der Waals surface area contributed by atoms with Crippen LogP contribution in [0.3, 0.4) is 0 Å². The summed E-state index contributed by atoms with van der Waals surface area (Å²) in [6.45, 7) is 6.24. The van der Waals surface area contributed by atoms with Gasteiger partial charge in [0.25, 0.3) is 0 Å². The second-order valence-electron chi connectivity index (χ2n) is 6.62. The van der Waals surface area contributed by atoms with Crippen LogP contribution in [0.1, 0.15) is 12.7 Å². The normalized spacial score (nSPS) is 15.0.